The van der Waals surface area contributed by atoms with Crippen LogP contribution in [-0.4, -0.2) is 26.5 Å². The van der Waals surface area contributed by atoms with Gasteiger partial charge in [0.05, 0.1) is 5.69 Å². The number of fused-ring (bicyclic) bond motifs is 1. The number of phenols is 1. The van der Waals surface area contributed by atoms with Crippen LogP contribution < -0.4 is 5.56 Å². The summed E-state index contributed by atoms with van der Waals surface area (Å²) in [6.07, 6.45) is 0.698. The Morgan fingerprint density at radius 2 is 2.14 bits per heavy atom. The van der Waals surface area contributed by atoms with E-state index in [0.717, 1.165) is 29.2 Å². The van der Waals surface area contributed by atoms with Crippen molar-refractivity contribution < 1.29 is 5.11 Å². The van der Waals surface area contributed by atoms with Gasteiger partial charge in [-0.25, -0.2) is 4.98 Å². The van der Waals surface area contributed by atoms with Crippen molar-refractivity contribution in [3.63, 3.8) is 0 Å². The van der Waals surface area contributed by atoms with E-state index in [1.54, 1.807) is 6.07 Å². The van der Waals surface area contributed by atoms with Gasteiger partial charge in [-0.05, 0) is 12.5 Å². The van der Waals surface area contributed by atoms with E-state index in [-0.39, 0.29) is 11.5 Å². The monoisotopic (exact) mass is 299 g/mol. The minimum Gasteiger partial charge on any atom is -0.508 e. The van der Waals surface area contributed by atoms with Crippen LogP contribution >= 0.6 is 0 Å². The summed E-state index contributed by atoms with van der Waals surface area (Å²) in [6, 6.07) is 7.37. The number of nitrogens with one attached hydrogen (secondary N) is 1. The number of benzene rings is 1. The summed E-state index contributed by atoms with van der Waals surface area (Å²) < 4.78 is 0. The molecule has 1 aromatic carbocycles. The average molecular weight is 299 g/mol. The van der Waals surface area contributed by atoms with Crippen molar-refractivity contribution >= 4 is 0 Å². The van der Waals surface area contributed by atoms with Crippen molar-refractivity contribution in [2.45, 2.75) is 39.3 Å². The largest absolute Gasteiger partial charge is 0.508 e. The molecule has 0 amide bonds. The molecule has 0 fully saturated rings. The lowest BCUT2D eigenvalue weighted by Gasteiger charge is -2.28. The molecule has 5 heteroatoms. The van der Waals surface area contributed by atoms with Gasteiger partial charge in [-0.3, -0.25) is 9.69 Å². The number of nitrogens with zero attached hydrogens (tertiary/aromatic N) is 2. The lowest BCUT2D eigenvalue weighted by atomic mass is 10.0. The fourth-order valence-electron chi connectivity index (χ4n) is 2.81. The maximum absolute atomic E-state index is 12.2. The molecule has 116 valence electrons. The Morgan fingerprint density at radius 1 is 1.36 bits per heavy atom. The molecule has 1 aromatic heterocycles. The minimum absolute atomic E-state index is 0.00379. The van der Waals surface area contributed by atoms with Gasteiger partial charge >= 0.3 is 0 Å². The van der Waals surface area contributed by atoms with E-state index in [4.69, 9.17) is 0 Å². The molecule has 22 heavy (non-hydrogen) atoms. The van der Waals surface area contributed by atoms with Crippen LogP contribution in [-0.2, 0) is 19.5 Å². The smallest absolute Gasteiger partial charge is 0.254 e. The summed E-state index contributed by atoms with van der Waals surface area (Å²) in [4.78, 5) is 21.9. The van der Waals surface area contributed by atoms with Gasteiger partial charge in [0, 0.05) is 36.7 Å². The molecule has 0 spiro atoms. The van der Waals surface area contributed by atoms with Crippen LogP contribution in [0.2, 0.25) is 0 Å². The first-order valence-electron chi connectivity index (χ1n) is 7.66. The van der Waals surface area contributed by atoms with Crippen LogP contribution in [0.5, 0.6) is 5.75 Å². The maximum atomic E-state index is 12.2. The second-order valence-electron chi connectivity index (χ2n) is 6.12. The predicted molar refractivity (Wildman–Crippen MR) is 84.9 cm³/mol. The van der Waals surface area contributed by atoms with Crippen molar-refractivity contribution in [3.05, 3.63) is 57.3 Å². The van der Waals surface area contributed by atoms with Crippen LogP contribution in [0.25, 0.3) is 0 Å². The molecule has 0 radical (unpaired) electrons. The van der Waals surface area contributed by atoms with Gasteiger partial charge in [0.2, 0.25) is 0 Å². The van der Waals surface area contributed by atoms with Crippen LogP contribution in [0.4, 0.5) is 0 Å². The highest BCUT2D eigenvalue weighted by atomic mass is 16.3. The number of aromatic hydroxyl groups is 1. The molecule has 2 heterocycles. The standard InChI is InChI=1S/C17H21N3O2/c1-11(2)16-18-14-10-20(8-7-13(14)17(22)19-16)9-12-5-3-4-6-15(12)21/h3-6,11,21H,7-10H2,1-2H3,(H,18,19,22). The Kier molecular flexibility index (Phi) is 3.98. The summed E-state index contributed by atoms with van der Waals surface area (Å²) in [5.74, 6) is 1.26. The normalized spacial score (nSPS) is 15.0. The summed E-state index contributed by atoms with van der Waals surface area (Å²) in [7, 11) is 0. The minimum atomic E-state index is -0.00379. The summed E-state index contributed by atoms with van der Waals surface area (Å²) in [5.41, 5.74) is 2.57. The number of hydrogen-bond donors (Lipinski definition) is 2. The van der Waals surface area contributed by atoms with Crippen LogP contribution in [0, 0.1) is 0 Å². The molecule has 2 N–H and O–H groups in total. The second kappa shape index (κ2) is 5.93. The van der Waals surface area contributed by atoms with E-state index in [2.05, 4.69) is 14.9 Å². The molecule has 0 aliphatic carbocycles. The molecule has 0 unspecified atom stereocenters. The molecule has 3 rings (SSSR count). The van der Waals surface area contributed by atoms with E-state index in [0.29, 0.717) is 25.3 Å². The zero-order valence-electron chi connectivity index (χ0n) is 13.0. The van der Waals surface area contributed by atoms with Crippen molar-refractivity contribution in [1.82, 2.24) is 14.9 Å². The Balaban J connectivity index is 1.84. The Labute approximate surface area is 129 Å². The number of phenolic OH excluding ortho intramolecular Hbond substituents is 1. The molecule has 1 aliphatic heterocycles. The van der Waals surface area contributed by atoms with Gasteiger partial charge in [0.15, 0.2) is 0 Å². The SMILES string of the molecule is CC(C)c1nc2c(c(=O)[nH]1)CCN(Cc1ccccc1O)C2. The highest BCUT2D eigenvalue weighted by Gasteiger charge is 2.22. The van der Waals surface area contributed by atoms with Crippen molar-refractivity contribution in [2.24, 2.45) is 0 Å². The van der Waals surface area contributed by atoms with E-state index in [1.165, 1.54) is 0 Å². The maximum Gasteiger partial charge on any atom is 0.254 e. The van der Waals surface area contributed by atoms with Crippen LogP contribution in [0.1, 0.15) is 42.4 Å². The average Bonchev–Trinajstić information content (AvgIpc) is 2.49. The fourth-order valence-corrected chi connectivity index (χ4v) is 2.81. The summed E-state index contributed by atoms with van der Waals surface area (Å²) in [5, 5.41) is 9.90. The van der Waals surface area contributed by atoms with Gasteiger partial charge in [-0.1, -0.05) is 32.0 Å². The number of aromatic amines is 1. The molecule has 0 saturated heterocycles. The van der Waals surface area contributed by atoms with Crippen molar-refractivity contribution in [2.75, 3.05) is 6.54 Å². The van der Waals surface area contributed by atoms with Crippen LogP contribution in [0.15, 0.2) is 29.1 Å². The Bertz CT molecular complexity index is 737. The zero-order valence-corrected chi connectivity index (χ0v) is 13.0. The Hall–Kier alpha value is -2.14. The summed E-state index contributed by atoms with van der Waals surface area (Å²) in [6.45, 7) is 6.15. The first kappa shape index (κ1) is 14.8. The third-order valence-corrected chi connectivity index (χ3v) is 4.10. The molecule has 0 bridgehead atoms. The van der Waals surface area contributed by atoms with E-state index >= 15 is 0 Å². The van der Waals surface area contributed by atoms with E-state index in [9.17, 15) is 9.90 Å². The number of aromatic nitrogens is 2. The van der Waals surface area contributed by atoms with E-state index in [1.807, 2.05) is 32.0 Å². The molecular weight excluding hydrogens is 278 g/mol. The van der Waals surface area contributed by atoms with Gasteiger partial charge in [-0.2, -0.15) is 0 Å². The number of hydrogen-bond acceptors (Lipinski definition) is 4. The number of rotatable bonds is 3. The molecule has 1 aliphatic rings. The van der Waals surface area contributed by atoms with E-state index < -0.39 is 0 Å². The quantitative estimate of drug-likeness (QED) is 0.911. The summed E-state index contributed by atoms with van der Waals surface area (Å²) >= 11 is 0. The van der Waals surface area contributed by atoms with Crippen molar-refractivity contribution in [1.29, 1.82) is 0 Å². The van der Waals surface area contributed by atoms with Gasteiger partial charge < -0.3 is 10.1 Å². The number of H-pyrrole nitrogens is 1. The zero-order chi connectivity index (χ0) is 15.7. The Morgan fingerprint density at radius 3 is 2.86 bits per heavy atom. The second-order valence-corrected chi connectivity index (χ2v) is 6.12. The van der Waals surface area contributed by atoms with Crippen LogP contribution in [0.3, 0.4) is 0 Å². The topological polar surface area (TPSA) is 69.2 Å². The van der Waals surface area contributed by atoms with Crippen molar-refractivity contribution in [3.8, 4) is 5.75 Å². The molecular formula is C17H21N3O2. The highest BCUT2D eigenvalue weighted by Crippen LogP contribution is 2.22. The lowest BCUT2D eigenvalue weighted by molar-refractivity contribution is 0.237. The lowest BCUT2D eigenvalue weighted by Crippen LogP contribution is -2.35. The number of para-hydroxylation sites is 1. The van der Waals surface area contributed by atoms with Gasteiger partial charge in [0.25, 0.3) is 5.56 Å². The van der Waals surface area contributed by atoms with Gasteiger partial charge in [0.1, 0.15) is 11.6 Å². The molecule has 0 saturated carbocycles. The third-order valence-electron chi connectivity index (χ3n) is 4.10. The molecule has 0 atom stereocenters. The predicted octanol–water partition coefficient (Wildman–Crippen LogP) is 2.16. The van der Waals surface area contributed by atoms with Gasteiger partial charge in [-0.15, -0.1) is 0 Å². The highest BCUT2D eigenvalue weighted by molar-refractivity contribution is 5.32. The molecule has 2 aromatic rings. The third kappa shape index (κ3) is 2.90. The fraction of sp³-hybridized carbons (Fsp3) is 0.412. The first-order chi connectivity index (χ1) is 10.5. The molecule has 5 nitrogen and oxygen atoms in total. The first-order valence-corrected chi connectivity index (χ1v) is 7.66.